The van der Waals surface area contributed by atoms with Crippen molar-refractivity contribution in [3.05, 3.63) is 84.9 Å². The van der Waals surface area contributed by atoms with Gasteiger partial charge in [-0.1, -0.05) is 131 Å². The summed E-state index contributed by atoms with van der Waals surface area (Å²) in [5, 5.41) is 11.4. The van der Waals surface area contributed by atoms with Crippen molar-refractivity contribution in [2.45, 2.75) is 98.8 Å². The summed E-state index contributed by atoms with van der Waals surface area (Å²) in [5.41, 5.74) is 5.06. The van der Waals surface area contributed by atoms with Crippen molar-refractivity contribution in [2.24, 2.45) is 5.41 Å². The fraction of sp³-hybridized carbons (Fsp3) is 0.457. The van der Waals surface area contributed by atoms with Crippen molar-refractivity contribution in [1.82, 2.24) is 0 Å². The van der Waals surface area contributed by atoms with E-state index in [4.69, 9.17) is 5.11 Å². The second-order valence-electron chi connectivity index (χ2n) is 12.1. The zero-order valence-electron chi connectivity index (χ0n) is 27.0. The summed E-state index contributed by atoms with van der Waals surface area (Å²) >= 11 is 0. The summed E-state index contributed by atoms with van der Waals surface area (Å²) in [6, 6.07) is 30.7. The van der Waals surface area contributed by atoms with E-state index in [-0.39, 0.29) is 35.3 Å². The average molecular weight is 679 g/mol. The van der Waals surface area contributed by atoms with Crippen LogP contribution in [0.1, 0.15) is 76.2 Å². The molecule has 41 heavy (non-hydrogen) atoms. The molecule has 0 aromatic heterocycles. The third-order valence-electron chi connectivity index (χ3n) is 6.21. The molecule has 0 spiro atoms. The number of carboxylic acid groups (broad SMARTS) is 1. The Morgan fingerprint density at radius 1 is 0.659 bits per heavy atom. The maximum absolute atomic E-state index is 10.0. The summed E-state index contributed by atoms with van der Waals surface area (Å²) in [6.45, 7) is 24.0. The molecule has 6 heteroatoms. The summed E-state index contributed by atoms with van der Waals surface area (Å²) < 4.78 is 0. The van der Waals surface area contributed by atoms with Crippen LogP contribution in [0.15, 0.2) is 78.9 Å². The second-order valence-corrected chi connectivity index (χ2v) is 18.8. The Bertz CT molecular complexity index is 1020. The molecule has 0 heterocycles. The number of rotatable bonds is 8. The summed E-state index contributed by atoms with van der Waals surface area (Å²) in [7, 11) is 2.13. The molecule has 0 amide bonds. The van der Waals surface area contributed by atoms with Crippen LogP contribution in [0, 0.1) is 11.5 Å². The van der Waals surface area contributed by atoms with E-state index >= 15 is 0 Å². The maximum atomic E-state index is 10.0. The average Bonchev–Trinajstić information content (AvgIpc) is 2.87. The van der Waals surface area contributed by atoms with Crippen LogP contribution in [0.2, 0.25) is 0 Å². The zero-order valence-corrected chi connectivity index (χ0v) is 30.4. The number of aliphatic carboxylic acids is 1. The van der Waals surface area contributed by atoms with Crippen molar-refractivity contribution in [2.75, 3.05) is 0 Å². The standard InChI is InChI=1S/C24H36BP2.C6H5.C5H10O2.Rh/c1-17(2)26(18(3)4)23-15-11-9-13-21(23)25-22-14-10-12-16-24(22)27(19(5)6)20(7)8;1-2-4-6-5-3-1;1-5(2,3)4(6)7;/h9-20H,1-8H3;1-5H;1-3H3,(H,6,7);/q;-1;;. The van der Waals surface area contributed by atoms with Crippen LogP contribution >= 0.6 is 15.8 Å². The molecular formula is C35H51BO2P2Rh-. The van der Waals surface area contributed by atoms with Gasteiger partial charge in [0.05, 0.1) is 5.41 Å². The van der Waals surface area contributed by atoms with Crippen molar-refractivity contribution in [1.29, 1.82) is 0 Å². The molecule has 0 saturated carbocycles. The molecule has 0 unspecified atom stereocenters. The van der Waals surface area contributed by atoms with E-state index in [1.165, 1.54) is 10.9 Å². The molecule has 2 nitrogen and oxygen atoms in total. The first-order valence-electron chi connectivity index (χ1n) is 14.4. The first-order valence-corrected chi connectivity index (χ1v) is 17.4. The van der Waals surface area contributed by atoms with Gasteiger partial charge >= 0.3 is 5.97 Å². The van der Waals surface area contributed by atoms with Gasteiger partial charge in [0.1, 0.15) is 0 Å². The van der Waals surface area contributed by atoms with Crippen LogP contribution in [0.5, 0.6) is 0 Å². The molecule has 0 aliphatic carbocycles. The molecule has 0 atom stereocenters. The molecule has 3 rings (SSSR count). The van der Waals surface area contributed by atoms with Gasteiger partial charge in [-0.05, 0) is 54.0 Å². The predicted molar refractivity (Wildman–Crippen MR) is 184 cm³/mol. The molecule has 0 aliphatic heterocycles. The van der Waals surface area contributed by atoms with Crippen molar-refractivity contribution >= 4 is 50.6 Å². The van der Waals surface area contributed by atoms with Gasteiger partial charge in [-0.15, -0.1) is 0 Å². The number of hydrogen-bond donors (Lipinski definition) is 1. The van der Waals surface area contributed by atoms with Gasteiger partial charge in [-0.2, -0.15) is 36.4 Å². The zero-order chi connectivity index (χ0) is 30.5. The normalized spacial score (nSPS) is 11.1. The van der Waals surface area contributed by atoms with E-state index in [1.807, 2.05) is 30.3 Å². The molecule has 2 radical (unpaired) electrons. The maximum Gasteiger partial charge on any atom is 0.308 e. The minimum atomic E-state index is -0.757. The molecule has 0 fully saturated rings. The minimum Gasteiger partial charge on any atom is -0.481 e. The Kier molecular flexibility index (Phi) is 19.1. The van der Waals surface area contributed by atoms with Crippen LogP contribution in [-0.2, 0) is 24.3 Å². The fourth-order valence-corrected chi connectivity index (χ4v) is 10.5. The third-order valence-corrected chi connectivity index (χ3v) is 12.6. The number of benzene rings is 3. The van der Waals surface area contributed by atoms with E-state index < -0.39 is 11.4 Å². The third kappa shape index (κ3) is 14.1. The Hall–Kier alpha value is -1.32. The first kappa shape index (κ1) is 39.7. The molecule has 1 N–H and O–H groups in total. The smallest absolute Gasteiger partial charge is 0.308 e. The van der Waals surface area contributed by atoms with Gasteiger partial charge in [0.15, 0.2) is 7.28 Å². The van der Waals surface area contributed by atoms with Gasteiger partial charge in [-0.25, -0.2) is 0 Å². The SMILES string of the molecule is CC(C)(C)C(=O)O.CC(C)P(c1ccccc1[B]c1ccccc1P(C(C)C)C(C)C)C(C)C.[Rh].[c-]1ccccc1. The minimum absolute atomic E-state index is 0. The first-order chi connectivity index (χ1) is 18.7. The quantitative estimate of drug-likeness (QED) is 0.150. The Morgan fingerprint density at radius 2 is 0.976 bits per heavy atom. The van der Waals surface area contributed by atoms with Crippen molar-refractivity contribution in [3.63, 3.8) is 0 Å². The van der Waals surface area contributed by atoms with Gasteiger partial charge in [0, 0.05) is 19.5 Å². The van der Waals surface area contributed by atoms with Gasteiger partial charge < -0.3 is 5.11 Å². The monoisotopic (exact) mass is 679 g/mol. The fourth-order valence-electron chi connectivity index (χ4n) is 4.50. The Balaban J connectivity index is 0.000000939. The molecule has 3 aromatic rings. The predicted octanol–water partition coefficient (Wildman–Crippen LogP) is 7.79. The van der Waals surface area contributed by atoms with Crippen molar-refractivity contribution < 1.29 is 29.4 Å². The van der Waals surface area contributed by atoms with Crippen LogP contribution in [0.3, 0.4) is 0 Å². The molecule has 0 bridgehead atoms. The van der Waals surface area contributed by atoms with Gasteiger partial charge in [-0.3, -0.25) is 4.79 Å². The summed E-state index contributed by atoms with van der Waals surface area (Å²) in [5.74, 6) is -0.757. The van der Waals surface area contributed by atoms with Gasteiger partial charge in [0.25, 0.3) is 0 Å². The van der Waals surface area contributed by atoms with Crippen LogP contribution in [-0.4, -0.2) is 41.0 Å². The van der Waals surface area contributed by atoms with E-state index in [9.17, 15) is 4.79 Å². The molecule has 0 aliphatic rings. The van der Waals surface area contributed by atoms with E-state index in [0.717, 1.165) is 0 Å². The second kappa shape index (κ2) is 19.8. The van der Waals surface area contributed by atoms with E-state index in [2.05, 4.69) is 117 Å². The summed E-state index contributed by atoms with van der Waals surface area (Å²) in [4.78, 5) is 10.0. The number of carboxylic acids is 1. The van der Waals surface area contributed by atoms with E-state index in [0.29, 0.717) is 22.6 Å². The Morgan fingerprint density at radius 3 is 1.20 bits per heavy atom. The topological polar surface area (TPSA) is 37.3 Å². The molecule has 0 saturated heterocycles. The molecule has 226 valence electrons. The van der Waals surface area contributed by atoms with Crippen LogP contribution in [0.4, 0.5) is 0 Å². The Labute approximate surface area is 268 Å². The summed E-state index contributed by atoms with van der Waals surface area (Å²) in [6.07, 6.45) is 0. The largest absolute Gasteiger partial charge is 0.481 e. The molecule has 3 aromatic carbocycles. The van der Waals surface area contributed by atoms with Crippen LogP contribution in [0.25, 0.3) is 0 Å². The number of carbonyl (C=O) groups is 1. The van der Waals surface area contributed by atoms with E-state index in [1.54, 1.807) is 31.4 Å². The van der Waals surface area contributed by atoms with Crippen molar-refractivity contribution in [3.8, 4) is 0 Å². The number of hydrogen-bond acceptors (Lipinski definition) is 1. The molecular weight excluding hydrogens is 628 g/mol. The van der Waals surface area contributed by atoms with Crippen LogP contribution < -0.4 is 21.5 Å². The van der Waals surface area contributed by atoms with Gasteiger partial charge in [0.2, 0.25) is 0 Å².